The Kier molecular flexibility index (Phi) is 5.84. The van der Waals surface area contributed by atoms with E-state index < -0.39 is 6.36 Å². The largest absolute Gasteiger partial charge is 0.573 e. The average Bonchev–Trinajstić information content (AvgIpc) is 2.84. The lowest BCUT2D eigenvalue weighted by Crippen LogP contribution is -2.29. The van der Waals surface area contributed by atoms with Crippen LogP contribution < -0.4 is 10.1 Å². The van der Waals surface area contributed by atoms with E-state index in [1.54, 1.807) is 11.3 Å². The molecule has 1 heterocycles. The SMILES string of the molecule is Cc1ccsc1CN(C)CC(=O)Nc1ccc(OC(F)(F)F)cc1. The molecule has 1 aromatic carbocycles. The van der Waals surface area contributed by atoms with Crippen LogP contribution in [0.15, 0.2) is 35.7 Å². The van der Waals surface area contributed by atoms with Gasteiger partial charge in [-0.25, -0.2) is 0 Å². The predicted octanol–water partition coefficient (Wildman–Crippen LogP) is 4.03. The number of benzene rings is 1. The molecular formula is C16H17F3N2O2S. The van der Waals surface area contributed by atoms with E-state index in [-0.39, 0.29) is 18.2 Å². The number of thiophene rings is 1. The Balaban J connectivity index is 1.84. The fourth-order valence-electron chi connectivity index (χ4n) is 2.05. The second-order valence-electron chi connectivity index (χ2n) is 5.32. The highest BCUT2D eigenvalue weighted by molar-refractivity contribution is 7.10. The third-order valence-electron chi connectivity index (χ3n) is 3.17. The number of rotatable bonds is 6. The lowest BCUT2D eigenvalue weighted by Gasteiger charge is -2.16. The van der Waals surface area contributed by atoms with Crippen molar-refractivity contribution in [1.82, 2.24) is 4.90 Å². The molecule has 130 valence electrons. The smallest absolute Gasteiger partial charge is 0.406 e. The summed E-state index contributed by atoms with van der Waals surface area (Å²) in [6, 6.07) is 7.06. The summed E-state index contributed by atoms with van der Waals surface area (Å²) in [6.45, 7) is 2.86. The van der Waals surface area contributed by atoms with Gasteiger partial charge in [0.05, 0.1) is 6.54 Å². The number of ether oxygens (including phenoxy) is 1. The number of halogens is 3. The van der Waals surface area contributed by atoms with Crippen LogP contribution in [0.3, 0.4) is 0 Å². The zero-order valence-corrected chi connectivity index (χ0v) is 14.0. The van der Waals surface area contributed by atoms with Crippen LogP contribution >= 0.6 is 11.3 Å². The van der Waals surface area contributed by atoms with Gasteiger partial charge in [0.1, 0.15) is 5.75 Å². The maximum atomic E-state index is 12.1. The van der Waals surface area contributed by atoms with Crippen LogP contribution in [-0.2, 0) is 11.3 Å². The number of carbonyl (C=O) groups excluding carboxylic acids is 1. The lowest BCUT2D eigenvalue weighted by molar-refractivity contribution is -0.274. The number of hydrogen-bond acceptors (Lipinski definition) is 4. The Labute approximate surface area is 141 Å². The van der Waals surface area contributed by atoms with Gasteiger partial charge in [-0.15, -0.1) is 24.5 Å². The molecule has 0 spiro atoms. The summed E-state index contributed by atoms with van der Waals surface area (Å²) >= 11 is 1.64. The zero-order chi connectivity index (χ0) is 17.7. The van der Waals surface area contributed by atoms with Crippen LogP contribution in [-0.4, -0.2) is 30.8 Å². The number of aryl methyl sites for hydroxylation is 1. The van der Waals surface area contributed by atoms with Gasteiger partial charge in [-0.1, -0.05) is 0 Å². The van der Waals surface area contributed by atoms with Gasteiger partial charge in [0.15, 0.2) is 0 Å². The highest BCUT2D eigenvalue weighted by atomic mass is 32.1. The topological polar surface area (TPSA) is 41.6 Å². The molecule has 0 aliphatic heterocycles. The van der Waals surface area contributed by atoms with Crippen molar-refractivity contribution in [3.05, 3.63) is 46.2 Å². The Morgan fingerprint density at radius 3 is 2.46 bits per heavy atom. The van der Waals surface area contributed by atoms with Gasteiger partial charge in [0, 0.05) is 17.1 Å². The second kappa shape index (κ2) is 7.67. The molecule has 2 rings (SSSR count). The first-order valence-electron chi connectivity index (χ1n) is 7.10. The second-order valence-corrected chi connectivity index (χ2v) is 6.32. The van der Waals surface area contributed by atoms with Crippen molar-refractivity contribution >= 4 is 22.9 Å². The first-order valence-corrected chi connectivity index (χ1v) is 7.98. The van der Waals surface area contributed by atoms with E-state index in [0.29, 0.717) is 12.2 Å². The van der Waals surface area contributed by atoms with Crippen molar-refractivity contribution in [2.75, 3.05) is 18.9 Å². The molecule has 0 fully saturated rings. The van der Waals surface area contributed by atoms with Gasteiger partial charge >= 0.3 is 6.36 Å². The Bertz CT molecular complexity index is 683. The van der Waals surface area contributed by atoms with Gasteiger partial charge in [-0.3, -0.25) is 9.69 Å². The lowest BCUT2D eigenvalue weighted by atomic mass is 10.3. The monoisotopic (exact) mass is 358 g/mol. The van der Waals surface area contributed by atoms with Gasteiger partial charge in [-0.05, 0) is 55.2 Å². The van der Waals surface area contributed by atoms with Crippen molar-refractivity contribution in [2.45, 2.75) is 19.8 Å². The van der Waals surface area contributed by atoms with Crippen molar-refractivity contribution in [2.24, 2.45) is 0 Å². The molecule has 0 aliphatic rings. The van der Waals surface area contributed by atoms with Crippen molar-refractivity contribution in [3.63, 3.8) is 0 Å². The molecule has 1 N–H and O–H groups in total. The van der Waals surface area contributed by atoms with Crippen molar-refractivity contribution in [1.29, 1.82) is 0 Å². The number of alkyl halides is 3. The predicted molar refractivity (Wildman–Crippen MR) is 87.1 cm³/mol. The summed E-state index contributed by atoms with van der Waals surface area (Å²) in [5.74, 6) is -0.568. The molecule has 4 nitrogen and oxygen atoms in total. The fraction of sp³-hybridized carbons (Fsp3) is 0.312. The van der Waals surface area contributed by atoms with Gasteiger partial charge in [0.2, 0.25) is 5.91 Å². The van der Waals surface area contributed by atoms with Crippen LogP contribution in [0, 0.1) is 6.92 Å². The molecule has 0 saturated heterocycles. The summed E-state index contributed by atoms with van der Waals surface area (Å²) in [7, 11) is 1.83. The zero-order valence-electron chi connectivity index (χ0n) is 13.2. The summed E-state index contributed by atoms with van der Waals surface area (Å²) in [4.78, 5) is 15.1. The molecule has 0 aliphatic carbocycles. The Morgan fingerprint density at radius 1 is 1.25 bits per heavy atom. The van der Waals surface area contributed by atoms with Crippen LogP contribution in [0.25, 0.3) is 0 Å². The first-order chi connectivity index (χ1) is 11.2. The van der Waals surface area contributed by atoms with E-state index in [0.717, 1.165) is 12.1 Å². The van der Waals surface area contributed by atoms with Crippen LogP contribution in [0.5, 0.6) is 5.75 Å². The van der Waals surface area contributed by atoms with Crippen molar-refractivity contribution < 1.29 is 22.7 Å². The molecule has 0 bridgehead atoms. The number of nitrogens with zero attached hydrogens (tertiary/aromatic N) is 1. The maximum Gasteiger partial charge on any atom is 0.573 e. The molecule has 8 heteroatoms. The molecule has 0 radical (unpaired) electrons. The number of likely N-dealkylation sites (N-methyl/N-ethyl adjacent to an activating group) is 1. The first kappa shape index (κ1) is 18.3. The van der Waals surface area contributed by atoms with E-state index in [9.17, 15) is 18.0 Å². The van der Waals surface area contributed by atoms with Gasteiger partial charge in [-0.2, -0.15) is 0 Å². The minimum Gasteiger partial charge on any atom is -0.406 e. The van der Waals surface area contributed by atoms with Crippen molar-refractivity contribution in [3.8, 4) is 5.75 Å². The maximum absolute atomic E-state index is 12.1. The molecule has 0 atom stereocenters. The third kappa shape index (κ3) is 5.86. The van der Waals surface area contributed by atoms with E-state index in [1.807, 2.05) is 30.3 Å². The highest BCUT2D eigenvalue weighted by Crippen LogP contribution is 2.24. The molecule has 0 unspecified atom stereocenters. The molecule has 1 aromatic heterocycles. The summed E-state index contributed by atoms with van der Waals surface area (Å²) in [5, 5.41) is 4.65. The molecule has 2 aromatic rings. The summed E-state index contributed by atoms with van der Waals surface area (Å²) in [6.07, 6.45) is -4.73. The number of carbonyl (C=O) groups is 1. The Hall–Kier alpha value is -2.06. The standard InChI is InChI=1S/C16H17F3N2O2S/c1-11-7-8-24-14(11)9-21(2)10-15(22)20-12-3-5-13(6-4-12)23-16(17,18)19/h3-8H,9-10H2,1-2H3,(H,20,22). The highest BCUT2D eigenvalue weighted by Gasteiger charge is 2.30. The van der Waals surface area contributed by atoms with E-state index >= 15 is 0 Å². The van der Waals surface area contributed by atoms with E-state index in [1.165, 1.54) is 22.6 Å². The summed E-state index contributed by atoms with van der Waals surface area (Å²) < 4.78 is 40.0. The van der Waals surface area contributed by atoms with Crippen LogP contribution in [0.2, 0.25) is 0 Å². The third-order valence-corrected chi connectivity index (χ3v) is 4.17. The summed E-state index contributed by atoms with van der Waals surface area (Å²) in [5.41, 5.74) is 1.60. The molecule has 1 amide bonds. The van der Waals surface area contributed by atoms with E-state index in [4.69, 9.17) is 0 Å². The molecule has 0 saturated carbocycles. The van der Waals surface area contributed by atoms with Crippen LogP contribution in [0.4, 0.5) is 18.9 Å². The van der Waals surface area contributed by atoms with Gasteiger partial charge < -0.3 is 10.1 Å². The number of amides is 1. The number of anilines is 1. The number of nitrogens with one attached hydrogen (secondary N) is 1. The number of hydrogen-bond donors (Lipinski definition) is 1. The minimum absolute atomic E-state index is 0.179. The van der Waals surface area contributed by atoms with E-state index in [2.05, 4.69) is 10.1 Å². The molecular weight excluding hydrogens is 341 g/mol. The van der Waals surface area contributed by atoms with Crippen LogP contribution in [0.1, 0.15) is 10.4 Å². The fourth-order valence-corrected chi connectivity index (χ4v) is 3.04. The molecule has 24 heavy (non-hydrogen) atoms. The normalized spacial score (nSPS) is 11.6. The Morgan fingerprint density at radius 2 is 1.92 bits per heavy atom. The van der Waals surface area contributed by atoms with Gasteiger partial charge in [0.25, 0.3) is 0 Å². The minimum atomic E-state index is -4.73. The average molecular weight is 358 g/mol. The quantitative estimate of drug-likeness (QED) is 0.848.